The van der Waals surface area contributed by atoms with Crippen LogP contribution in [0.3, 0.4) is 0 Å². The second-order valence-corrected chi connectivity index (χ2v) is 7.45. The van der Waals surface area contributed by atoms with E-state index in [9.17, 15) is 9.90 Å². The summed E-state index contributed by atoms with van der Waals surface area (Å²) in [6.45, 7) is 4.77. The molecular weight excluding hydrogens is 346 g/mol. The van der Waals surface area contributed by atoms with Crippen molar-refractivity contribution in [2.75, 3.05) is 45.9 Å². The zero-order valence-electron chi connectivity index (χ0n) is 15.3. The summed E-state index contributed by atoms with van der Waals surface area (Å²) in [4.78, 5) is 27.1. The Labute approximate surface area is 158 Å². The minimum Gasteiger partial charge on any atom is -0.390 e. The quantitative estimate of drug-likeness (QED) is 0.691. The lowest BCUT2D eigenvalue weighted by atomic mass is 10.0. The Kier molecular flexibility index (Phi) is 5.56. The molecule has 1 aromatic rings. The molecule has 0 unspecified atom stereocenters. The largest absolute Gasteiger partial charge is 0.390 e. The zero-order chi connectivity index (χ0) is 18.6. The monoisotopic (exact) mass is 371 g/mol. The third-order valence-electron chi connectivity index (χ3n) is 5.22. The van der Waals surface area contributed by atoms with Gasteiger partial charge in [-0.3, -0.25) is 14.7 Å². The van der Waals surface area contributed by atoms with E-state index in [1.807, 2.05) is 6.21 Å². The van der Waals surface area contributed by atoms with Gasteiger partial charge < -0.3 is 15.2 Å². The first-order valence-electron chi connectivity index (χ1n) is 9.45. The van der Waals surface area contributed by atoms with Crippen LogP contribution >= 0.6 is 0 Å². The van der Waals surface area contributed by atoms with Crippen LogP contribution in [0, 0.1) is 5.92 Å². The van der Waals surface area contributed by atoms with Crippen molar-refractivity contribution >= 4 is 12.1 Å². The highest BCUT2D eigenvalue weighted by atomic mass is 16.5. The molecule has 0 aliphatic carbocycles. The van der Waals surface area contributed by atoms with Gasteiger partial charge in [0.15, 0.2) is 0 Å². The Morgan fingerprint density at radius 1 is 1.41 bits per heavy atom. The fourth-order valence-corrected chi connectivity index (χ4v) is 3.63. The van der Waals surface area contributed by atoms with Crippen LogP contribution in [0.4, 0.5) is 0 Å². The van der Waals surface area contributed by atoms with Crippen LogP contribution in [-0.4, -0.2) is 84.1 Å². The second kappa shape index (κ2) is 8.24. The van der Waals surface area contributed by atoms with Crippen LogP contribution in [0.1, 0.15) is 22.6 Å². The highest BCUT2D eigenvalue weighted by molar-refractivity contribution is 5.92. The summed E-state index contributed by atoms with van der Waals surface area (Å²) in [6, 6.07) is 1.72. The van der Waals surface area contributed by atoms with Crippen LogP contribution in [0.25, 0.3) is 0 Å². The Bertz CT molecular complexity index is 759. The summed E-state index contributed by atoms with van der Waals surface area (Å²) in [5, 5.41) is 13.1. The average molecular weight is 371 g/mol. The van der Waals surface area contributed by atoms with Gasteiger partial charge in [0.25, 0.3) is 5.91 Å². The summed E-state index contributed by atoms with van der Waals surface area (Å²) in [5.41, 5.74) is 3.88. The van der Waals surface area contributed by atoms with Crippen molar-refractivity contribution in [1.29, 1.82) is 0 Å². The van der Waals surface area contributed by atoms with Gasteiger partial charge in [-0.25, -0.2) is 9.97 Å². The van der Waals surface area contributed by atoms with Gasteiger partial charge >= 0.3 is 0 Å². The molecule has 0 bridgehead atoms. The SMILES string of the molecule is O=C(NC[C@H](O)CN1CCC2=C(CN=C2)C1)c1cc(CC2COC2)ncn1. The van der Waals surface area contributed by atoms with Crippen LogP contribution in [0.15, 0.2) is 28.5 Å². The van der Waals surface area contributed by atoms with Crippen LogP contribution in [0.5, 0.6) is 0 Å². The van der Waals surface area contributed by atoms with Crippen molar-refractivity contribution in [2.24, 2.45) is 10.9 Å². The average Bonchev–Trinajstić information content (AvgIpc) is 3.11. The number of rotatable bonds is 7. The summed E-state index contributed by atoms with van der Waals surface area (Å²) in [5.74, 6) is 0.193. The summed E-state index contributed by atoms with van der Waals surface area (Å²) < 4.78 is 5.17. The lowest BCUT2D eigenvalue weighted by Crippen LogP contribution is -2.42. The molecule has 8 nitrogen and oxygen atoms in total. The van der Waals surface area contributed by atoms with E-state index in [4.69, 9.17) is 4.74 Å². The molecule has 4 heterocycles. The first kappa shape index (κ1) is 18.2. The number of aliphatic hydroxyl groups excluding tert-OH is 1. The lowest BCUT2D eigenvalue weighted by molar-refractivity contribution is -0.0316. The highest BCUT2D eigenvalue weighted by Gasteiger charge is 2.23. The molecule has 1 amide bonds. The first-order valence-corrected chi connectivity index (χ1v) is 9.45. The number of carbonyl (C=O) groups excluding carboxylic acids is 1. The molecule has 1 saturated heterocycles. The van der Waals surface area contributed by atoms with Crippen LogP contribution in [-0.2, 0) is 11.2 Å². The normalized spacial score (nSPS) is 21.1. The highest BCUT2D eigenvalue weighted by Crippen LogP contribution is 2.20. The molecule has 1 aromatic heterocycles. The third-order valence-corrected chi connectivity index (χ3v) is 5.22. The van der Waals surface area contributed by atoms with Gasteiger partial charge in [0.1, 0.15) is 12.0 Å². The second-order valence-electron chi connectivity index (χ2n) is 7.45. The molecule has 4 rings (SSSR count). The Morgan fingerprint density at radius 2 is 2.30 bits per heavy atom. The molecule has 3 aliphatic rings. The van der Waals surface area contributed by atoms with E-state index in [1.165, 1.54) is 17.5 Å². The number of amides is 1. The summed E-state index contributed by atoms with van der Waals surface area (Å²) in [7, 11) is 0. The zero-order valence-corrected chi connectivity index (χ0v) is 15.3. The maximum atomic E-state index is 12.3. The number of aliphatic hydroxyl groups is 1. The van der Waals surface area contributed by atoms with Gasteiger partial charge in [-0.2, -0.15) is 0 Å². The minimum atomic E-state index is -0.619. The molecule has 0 radical (unpaired) electrons. The summed E-state index contributed by atoms with van der Waals surface area (Å²) >= 11 is 0. The van der Waals surface area contributed by atoms with Crippen molar-refractivity contribution in [3.8, 4) is 0 Å². The van der Waals surface area contributed by atoms with E-state index < -0.39 is 6.10 Å². The number of nitrogens with one attached hydrogen (secondary N) is 1. The molecular formula is C19H25N5O3. The topological polar surface area (TPSA) is 99.9 Å². The molecule has 27 heavy (non-hydrogen) atoms. The van der Waals surface area contributed by atoms with Gasteiger partial charge in [-0.15, -0.1) is 0 Å². The number of carbonyl (C=O) groups is 1. The number of aromatic nitrogens is 2. The van der Waals surface area contributed by atoms with Gasteiger partial charge in [0.05, 0.1) is 25.9 Å². The van der Waals surface area contributed by atoms with Crippen molar-refractivity contribution in [1.82, 2.24) is 20.2 Å². The van der Waals surface area contributed by atoms with Crippen LogP contribution in [0.2, 0.25) is 0 Å². The number of hydrogen-bond acceptors (Lipinski definition) is 7. The van der Waals surface area contributed by atoms with E-state index in [2.05, 4.69) is 25.2 Å². The van der Waals surface area contributed by atoms with Crippen molar-refractivity contribution in [3.63, 3.8) is 0 Å². The summed E-state index contributed by atoms with van der Waals surface area (Å²) in [6.07, 6.45) is 4.54. The molecule has 0 saturated carbocycles. The van der Waals surface area contributed by atoms with Gasteiger partial charge in [0, 0.05) is 44.0 Å². The standard InChI is InChI=1S/C19H25N5O3/c25-17(9-24-2-1-14-5-20-6-15(14)8-24)7-21-19(26)18-4-16(22-12-23-18)3-13-10-27-11-13/h4-5,12-13,17,25H,1-3,6-11H2,(H,21,26)/t17-/m0/s1. The van der Waals surface area contributed by atoms with E-state index in [-0.39, 0.29) is 12.5 Å². The number of aliphatic imine (C=N–C) groups is 1. The lowest BCUT2D eigenvalue weighted by Gasteiger charge is -2.29. The van der Waals surface area contributed by atoms with E-state index >= 15 is 0 Å². The Morgan fingerprint density at radius 3 is 3.11 bits per heavy atom. The molecule has 144 valence electrons. The van der Waals surface area contributed by atoms with Crippen LogP contribution < -0.4 is 5.32 Å². The molecule has 1 fully saturated rings. The first-order chi connectivity index (χ1) is 13.2. The molecule has 1 atom stereocenters. The van der Waals surface area contributed by atoms with E-state index in [0.717, 1.165) is 51.4 Å². The molecule has 2 N–H and O–H groups in total. The number of hydrogen-bond donors (Lipinski definition) is 2. The maximum Gasteiger partial charge on any atom is 0.270 e. The number of nitrogens with zero attached hydrogens (tertiary/aromatic N) is 4. The Balaban J connectivity index is 1.23. The number of ether oxygens (including phenoxy) is 1. The van der Waals surface area contributed by atoms with Gasteiger partial charge in [-0.05, 0) is 30.1 Å². The fraction of sp³-hybridized carbons (Fsp3) is 0.579. The van der Waals surface area contributed by atoms with Crippen molar-refractivity contribution in [3.05, 3.63) is 34.9 Å². The molecule has 3 aliphatic heterocycles. The smallest absolute Gasteiger partial charge is 0.270 e. The van der Waals surface area contributed by atoms with E-state index in [0.29, 0.717) is 18.2 Å². The van der Waals surface area contributed by atoms with Gasteiger partial charge in [0.2, 0.25) is 0 Å². The third kappa shape index (κ3) is 4.58. The molecule has 0 aromatic carbocycles. The fourth-order valence-electron chi connectivity index (χ4n) is 3.63. The Hall–Kier alpha value is -2.16. The molecule has 0 spiro atoms. The van der Waals surface area contributed by atoms with Gasteiger partial charge in [-0.1, -0.05) is 0 Å². The predicted octanol–water partition coefficient (Wildman–Crippen LogP) is -0.157. The minimum absolute atomic E-state index is 0.202. The molecule has 8 heteroatoms. The van der Waals surface area contributed by atoms with E-state index in [1.54, 1.807) is 6.07 Å². The van der Waals surface area contributed by atoms with Crippen molar-refractivity contribution < 1.29 is 14.6 Å². The van der Waals surface area contributed by atoms with Crippen molar-refractivity contribution in [2.45, 2.75) is 18.9 Å². The maximum absolute atomic E-state index is 12.3. The number of β-amino-alcohol motifs (C(OH)–C–C–N with tert-alkyl or cyclic N) is 1. The predicted molar refractivity (Wildman–Crippen MR) is 99.8 cm³/mol.